The Hall–Kier alpha value is -2.33. The van der Waals surface area contributed by atoms with Gasteiger partial charge in [0.15, 0.2) is 0 Å². The predicted molar refractivity (Wildman–Crippen MR) is 84.1 cm³/mol. The number of nitrogens with zero attached hydrogens (tertiary/aromatic N) is 1. The summed E-state index contributed by atoms with van der Waals surface area (Å²) in [5, 5.41) is 9.42. The van der Waals surface area contributed by atoms with Crippen LogP contribution < -0.4 is 5.73 Å². The van der Waals surface area contributed by atoms with Crippen molar-refractivity contribution in [2.75, 3.05) is 6.61 Å². The Labute approximate surface area is 141 Å². The van der Waals surface area contributed by atoms with E-state index < -0.39 is 17.7 Å². The first kappa shape index (κ1) is 17.0. The van der Waals surface area contributed by atoms with Crippen LogP contribution in [0, 0.1) is 17.1 Å². The number of carbonyl (C=O) groups is 1. The first-order valence-electron chi connectivity index (χ1n) is 6.81. The normalized spacial score (nSPS) is 17.6. The Balaban J connectivity index is 2.69. The van der Waals surface area contributed by atoms with E-state index in [0.717, 1.165) is 0 Å². The zero-order chi connectivity index (χ0) is 17.1. The van der Waals surface area contributed by atoms with E-state index in [1.54, 1.807) is 13.8 Å². The molecule has 0 aliphatic carbocycles. The second-order valence-corrected chi connectivity index (χ2v) is 5.64. The second-order valence-electron chi connectivity index (χ2n) is 4.78. The van der Waals surface area contributed by atoms with Crippen LogP contribution in [0.5, 0.6) is 0 Å². The monoisotopic (exact) mass is 380 g/mol. The lowest BCUT2D eigenvalue weighted by molar-refractivity contribution is -0.139. The minimum atomic E-state index is -0.863. The predicted octanol–water partition coefficient (Wildman–Crippen LogP) is 3.23. The van der Waals surface area contributed by atoms with Crippen molar-refractivity contribution < 1.29 is 18.7 Å². The molecule has 0 saturated heterocycles. The van der Waals surface area contributed by atoms with Gasteiger partial charge in [0.25, 0.3) is 0 Å². The van der Waals surface area contributed by atoms with Crippen LogP contribution in [-0.2, 0) is 14.3 Å². The fourth-order valence-electron chi connectivity index (χ4n) is 2.40. The third-order valence-electron chi connectivity index (χ3n) is 3.37. The molecule has 0 aromatic heterocycles. The highest BCUT2D eigenvalue weighted by molar-refractivity contribution is 9.10. The summed E-state index contributed by atoms with van der Waals surface area (Å²) in [6, 6.07) is 5.96. The van der Waals surface area contributed by atoms with E-state index in [0.29, 0.717) is 10.0 Å². The first-order valence-corrected chi connectivity index (χ1v) is 7.60. The summed E-state index contributed by atoms with van der Waals surface area (Å²) < 4.78 is 24.6. The molecule has 2 rings (SSSR count). The highest BCUT2D eigenvalue weighted by Gasteiger charge is 2.37. The van der Waals surface area contributed by atoms with Crippen LogP contribution in [-0.4, -0.2) is 12.6 Å². The fourth-order valence-corrected chi connectivity index (χ4v) is 2.88. The lowest BCUT2D eigenvalue weighted by atomic mass is 9.83. The lowest BCUT2D eigenvalue weighted by Crippen LogP contribution is -2.25. The first-order chi connectivity index (χ1) is 10.9. The van der Waals surface area contributed by atoms with Gasteiger partial charge >= 0.3 is 5.97 Å². The molecule has 2 N–H and O–H groups in total. The van der Waals surface area contributed by atoms with Gasteiger partial charge in [-0.25, -0.2) is 9.18 Å². The third-order valence-corrected chi connectivity index (χ3v) is 4.09. The average Bonchev–Trinajstić information content (AvgIpc) is 2.49. The second kappa shape index (κ2) is 6.84. The quantitative estimate of drug-likeness (QED) is 0.813. The number of rotatable bonds is 3. The molecule has 7 heteroatoms. The molecule has 0 radical (unpaired) electrons. The van der Waals surface area contributed by atoms with Crippen molar-refractivity contribution in [2.45, 2.75) is 19.8 Å². The molecule has 120 valence electrons. The number of esters is 1. The van der Waals surface area contributed by atoms with E-state index in [1.807, 2.05) is 6.07 Å². The number of nitrogens with two attached hydrogens (primary N) is 1. The van der Waals surface area contributed by atoms with E-state index in [1.165, 1.54) is 18.2 Å². The van der Waals surface area contributed by atoms with Crippen molar-refractivity contribution in [3.05, 3.63) is 56.8 Å². The highest BCUT2D eigenvalue weighted by atomic mass is 79.9. The van der Waals surface area contributed by atoms with Crippen LogP contribution >= 0.6 is 15.9 Å². The average molecular weight is 381 g/mol. The Morgan fingerprint density at radius 3 is 2.87 bits per heavy atom. The largest absolute Gasteiger partial charge is 0.463 e. The summed E-state index contributed by atoms with van der Waals surface area (Å²) >= 11 is 3.32. The molecular formula is C16H14BrFN2O3. The van der Waals surface area contributed by atoms with Crippen LogP contribution in [0.4, 0.5) is 4.39 Å². The molecule has 5 nitrogen and oxygen atoms in total. The van der Waals surface area contributed by atoms with Gasteiger partial charge in [-0.2, -0.15) is 5.26 Å². The summed E-state index contributed by atoms with van der Waals surface area (Å²) in [6.45, 7) is 3.38. The number of hydrogen-bond donors (Lipinski definition) is 1. The van der Waals surface area contributed by atoms with Gasteiger partial charge in [-0.05, 0) is 37.6 Å². The molecule has 1 aromatic carbocycles. The van der Waals surface area contributed by atoms with Crippen molar-refractivity contribution in [1.82, 2.24) is 0 Å². The van der Waals surface area contributed by atoms with Crippen LogP contribution in [0.15, 0.2) is 45.5 Å². The minimum absolute atomic E-state index is 0.0324. The maximum absolute atomic E-state index is 13.7. The molecule has 0 spiro atoms. The molecule has 0 amide bonds. The van der Waals surface area contributed by atoms with Crippen molar-refractivity contribution >= 4 is 21.9 Å². The van der Waals surface area contributed by atoms with E-state index in [4.69, 9.17) is 15.2 Å². The molecular weight excluding hydrogens is 367 g/mol. The summed E-state index contributed by atoms with van der Waals surface area (Å²) in [4.78, 5) is 12.3. The SMILES string of the molecule is CCOC(=O)C1=C(C)OC(N)=C(C#N)C1c1cc(F)ccc1Br. The molecule has 0 saturated carbocycles. The van der Waals surface area contributed by atoms with Gasteiger partial charge in [-0.1, -0.05) is 15.9 Å². The number of ether oxygens (including phenoxy) is 2. The third kappa shape index (κ3) is 3.22. The maximum Gasteiger partial charge on any atom is 0.338 e. The highest BCUT2D eigenvalue weighted by Crippen LogP contribution is 2.42. The summed E-state index contributed by atoms with van der Waals surface area (Å²) in [7, 11) is 0. The van der Waals surface area contributed by atoms with Crippen molar-refractivity contribution in [3.8, 4) is 6.07 Å². The van der Waals surface area contributed by atoms with E-state index in [9.17, 15) is 14.4 Å². The Morgan fingerprint density at radius 1 is 1.57 bits per heavy atom. The number of allylic oxidation sites excluding steroid dienone is 2. The van der Waals surface area contributed by atoms with E-state index >= 15 is 0 Å². The van der Waals surface area contributed by atoms with Gasteiger partial charge in [-0.3, -0.25) is 0 Å². The van der Waals surface area contributed by atoms with Crippen molar-refractivity contribution in [3.63, 3.8) is 0 Å². The van der Waals surface area contributed by atoms with Gasteiger partial charge in [0.1, 0.15) is 23.2 Å². The summed E-state index contributed by atoms with van der Waals surface area (Å²) in [5.41, 5.74) is 6.33. The zero-order valence-corrected chi connectivity index (χ0v) is 14.1. The molecule has 1 aliphatic heterocycles. The van der Waals surface area contributed by atoms with Crippen LogP contribution in [0.3, 0.4) is 0 Å². The van der Waals surface area contributed by atoms with Gasteiger partial charge in [0.05, 0.1) is 18.1 Å². The van der Waals surface area contributed by atoms with Gasteiger partial charge in [0, 0.05) is 4.47 Å². The summed E-state index contributed by atoms with van der Waals surface area (Å²) in [6.07, 6.45) is 0. The molecule has 1 unspecified atom stereocenters. The summed E-state index contributed by atoms with van der Waals surface area (Å²) in [5.74, 6) is -1.88. The minimum Gasteiger partial charge on any atom is -0.463 e. The standard InChI is InChI=1S/C16H14BrFN2O3/c1-3-22-16(21)13-8(2)23-15(20)11(7-19)14(13)10-6-9(18)4-5-12(10)17/h4-6,14H,3,20H2,1-2H3. The van der Waals surface area contributed by atoms with Crippen LogP contribution in [0.2, 0.25) is 0 Å². The number of carbonyl (C=O) groups excluding carboxylic acids is 1. The number of halogens is 2. The Bertz CT molecular complexity index is 765. The Kier molecular flexibility index (Phi) is 5.06. The molecule has 1 heterocycles. The van der Waals surface area contributed by atoms with Crippen molar-refractivity contribution in [1.29, 1.82) is 5.26 Å². The maximum atomic E-state index is 13.7. The van der Waals surface area contributed by atoms with E-state index in [-0.39, 0.29) is 29.4 Å². The zero-order valence-electron chi connectivity index (χ0n) is 12.5. The van der Waals surface area contributed by atoms with Gasteiger partial charge in [-0.15, -0.1) is 0 Å². The molecule has 23 heavy (non-hydrogen) atoms. The molecule has 0 fully saturated rings. The van der Waals surface area contributed by atoms with E-state index in [2.05, 4.69) is 15.9 Å². The molecule has 0 bridgehead atoms. The van der Waals surface area contributed by atoms with Crippen LogP contribution in [0.1, 0.15) is 25.3 Å². The lowest BCUT2D eigenvalue weighted by Gasteiger charge is -2.27. The Morgan fingerprint density at radius 2 is 2.26 bits per heavy atom. The molecule has 1 aliphatic rings. The van der Waals surface area contributed by atoms with Gasteiger partial charge < -0.3 is 15.2 Å². The van der Waals surface area contributed by atoms with Crippen molar-refractivity contribution in [2.24, 2.45) is 5.73 Å². The van der Waals surface area contributed by atoms with Gasteiger partial charge in [0.2, 0.25) is 5.88 Å². The molecule has 1 aromatic rings. The smallest absolute Gasteiger partial charge is 0.338 e. The molecule has 1 atom stereocenters. The van der Waals surface area contributed by atoms with Crippen LogP contribution in [0.25, 0.3) is 0 Å². The fraction of sp³-hybridized carbons (Fsp3) is 0.250. The number of hydrogen-bond acceptors (Lipinski definition) is 5. The number of benzene rings is 1. The number of nitriles is 1. The topological polar surface area (TPSA) is 85.3 Å².